The molecule has 2 rings (SSSR count). The summed E-state index contributed by atoms with van der Waals surface area (Å²) in [5.41, 5.74) is 0.573. The van der Waals surface area contributed by atoms with Crippen molar-refractivity contribution in [1.82, 2.24) is 0 Å². The van der Waals surface area contributed by atoms with Crippen LogP contribution >= 0.6 is 22.9 Å². The lowest BCUT2D eigenvalue weighted by Crippen LogP contribution is -2.24. The standard InChI is InChI=1S/C14H15ClFNO2S/c15-13-4-3-10(6-14(13)16)17-7-11(18)8-19-9-12-2-1-5-20-12/h1-6,11,17-18H,7-9H2. The van der Waals surface area contributed by atoms with Crippen LogP contribution in [0.5, 0.6) is 0 Å². The van der Waals surface area contributed by atoms with E-state index in [1.165, 1.54) is 12.1 Å². The van der Waals surface area contributed by atoms with Crippen LogP contribution in [-0.2, 0) is 11.3 Å². The minimum Gasteiger partial charge on any atom is -0.389 e. The number of halogens is 2. The van der Waals surface area contributed by atoms with E-state index in [1.807, 2.05) is 17.5 Å². The summed E-state index contributed by atoms with van der Waals surface area (Å²) in [5, 5.41) is 14.7. The van der Waals surface area contributed by atoms with Crippen LogP contribution < -0.4 is 5.32 Å². The Kier molecular flexibility index (Phi) is 5.79. The fraction of sp³-hybridized carbons (Fsp3) is 0.286. The summed E-state index contributed by atoms with van der Waals surface area (Å²) < 4.78 is 18.6. The molecule has 0 spiro atoms. The SMILES string of the molecule is OC(CNc1ccc(Cl)c(F)c1)COCc1cccs1. The molecule has 0 saturated heterocycles. The number of aliphatic hydroxyl groups excluding tert-OH is 1. The zero-order chi connectivity index (χ0) is 14.4. The van der Waals surface area contributed by atoms with Gasteiger partial charge in [0.05, 0.1) is 24.3 Å². The van der Waals surface area contributed by atoms with E-state index in [4.69, 9.17) is 16.3 Å². The van der Waals surface area contributed by atoms with Crippen LogP contribution in [0.3, 0.4) is 0 Å². The molecule has 0 saturated carbocycles. The molecule has 0 aliphatic rings. The molecule has 108 valence electrons. The molecular weight excluding hydrogens is 301 g/mol. The van der Waals surface area contributed by atoms with Gasteiger partial charge in [0.15, 0.2) is 0 Å². The highest BCUT2D eigenvalue weighted by Gasteiger charge is 2.06. The fourth-order valence-corrected chi connectivity index (χ4v) is 2.35. The second-order valence-electron chi connectivity index (χ2n) is 4.26. The van der Waals surface area contributed by atoms with Gasteiger partial charge in [-0.05, 0) is 29.6 Å². The third-order valence-corrected chi connectivity index (χ3v) is 3.75. The van der Waals surface area contributed by atoms with Crippen LogP contribution in [0.2, 0.25) is 5.02 Å². The first-order valence-electron chi connectivity index (χ1n) is 6.12. The van der Waals surface area contributed by atoms with Crippen molar-refractivity contribution >= 4 is 28.6 Å². The highest BCUT2D eigenvalue weighted by atomic mass is 35.5. The van der Waals surface area contributed by atoms with Crippen molar-refractivity contribution in [2.75, 3.05) is 18.5 Å². The molecule has 2 aromatic rings. The van der Waals surface area contributed by atoms with Crippen LogP contribution in [0.1, 0.15) is 4.88 Å². The third-order valence-electron chi connectivity index (χ3n) is 2.60. The molecule has 3 nitrogen and oxygen atoms in total. The highest BCUT2D eigenvalue weighted by Crippen LogP contribution is 2.18. The van der Waals surface area contributed by atoms with Gasteiger partial charge in [-0.1, -0.05) is 17.7 Å². The van der Waals surface area contributed by atoms with Crippen molar-refractivity contribution in [2.24, 2.45) is 0 Å². The molecular formula is C14H15ClFNO2S. The maximum atomic E-state index is 13.2. The Morgan fingerprint density at radius 2 is 2.25 bits per heavy atom. The summed E-state index contributed by atoms with van der Waals surface area (Å²) in [5.74, 6) is -0.486. The maximum absolute atomic E-state index is 13.2. The molecule has 1 heterocycles. The van der Waals surface area contributed by atoms with Gasteiger partial charge in [0.2, 0.25) is 0 Å². The van der Waals surface area contributed by atoms with Gasteiger partial charge in [0, 0.05) is 17.1 Å². The topological polar surface area (TPSA) is 41.5 Å². The van der Waals surface area contributed by atoms with Crippen LogP contribution in [0.25, 0.3) is 0 Å². The van der Waals surface area contributed by atoms with Crippen molar-refractivity contribution in [1.29, 1.82) is 0 Å². The minimum atomic E-state index is -0.659. The summed E-state index contributed by atoms with van der Waals surface area (Å²) in [6, 6.07) is 8.35. The number of benzene rings is 1. The Bertz CT molecular complexity index is 536. The van der Waals surface area contributed by atoms with E-state index < -0.39 is 11.9 Å². The molecule has 20 heavy (non-hydrogen) atoms. The van der Waals surface area contributed by atoms with Crippen molar-refractivity contribution < 1.29 is 14.2 Å². The first-order chi connectivity index (χ1) is 9.65. The van der Waals surface area contributed by atoms with Gasteiger partial charge in [0.25, 0.3) is 0 Å². The van der Waals surface area contributed by atoms with Crippen molar-refractivity contribution in [3.05, 3.63) is 51.4 Å². The maximum Gasteiger partial charge on any atom is 0.143 e. The normalized spacial score (nSPS) is 12.3. The highest BCUT2D eigenvalue weighted by molar-refractivity contribution is 7.09. The number of anilines is 1. The molecule has 1 aromatic heterocycles. The Balaban J connectivity index is 1.69. The van der Waals surface area contributed by atoms with E-state index in [2.05, 4.69) is 5.32 Å². The van der Waals surface area contributed by atoms with E-state index in [0.717, 1.165) is 4.88 Å². The minimum absolute atomic E-state index is 0.0791. The van der Waals surface area contributed by atoms with Gasteiger partial charge < -0.3 is 15.2 Å². The third kappa shape index (κ3) is 4.76. The summed E-state index contributed by atoms with van der Waals surface area (Å²) in [4.78, 5) is 1.12. The average molecular weight is 316 g/mol. The van der Waals surface area contributed by atoms with Crippen LogP contribution in [0.4, 0.5) is 10.1 Å². The first kappa shape index (κ1) is 15.3. The molecule has 6 heteroatoms. The summed E-state index contributed by atoms with van der Waals surface area (Å²) >= 11 is 7.20. The molecule has 0 amide bonds. The van der Waals surface area contributed by atoms with Gasteiger partial charge in [-0.3, -0.25) is 0 Å². The molecule has 0 bridgehead atoms. The molecule has 0 aliphatic heterocycles. The summed E-state index contributed by atoms with van der Waals surface area (Å²) in [7, 11) is 0. The number of aliphatic hydroxyl groups is 1. The van der Waals surface area contributed by atoms with Crippen molar-refractivity contribution in [2.45, 2.75) is 12.7 Å². The fourth-order valence-electron chi connectivity index (χ4n) is 1.59. The van der Waals surface area contributed by atoms with Gasteiger partial charge in [-0.25, -0.2) is 4.39 Å². The number of hydrogen-bond acceptors (Lipinski definition) is 4. The molecule has 1 unspecified atom stereocenters. The predicted octanol–water partition coefficient (Wildman–Crippen LogP) is 3.53. The first-order valence-corrected chi connectivity index (χ1v) is 7.38. The number of rotatable bonds is 7. The summed E-state index contributed by atoms with van der Waals surface area (Å²) in [6.45, 7) is 0.997. The smallest absolute Gasteiger partial charge is 0.143 e. The van der Waals surface area contributed by atoms with Gasteiger partial charge in [0.1, 0.15) is 5.82 Å². The van der Waals surface area contributed by atoms with Gasteiger partial charge in [-0.15, -0.1) is 11.3 Å². The number of hydrogen-bond donors (Lipinski definition) is 2. The van der Waals surface area contributed by atoms with Crippen LogP contribution in [0, 0.1) is 5.82 Å². The van der Waals surface area contributed by atoms with Crippen molar-refractivity contribution in [3.63, 3.8) is 0 Å². The Hall–Kier alpha value is -1.14. The molecule has 0 radical (unpaired) electrons. The molecule has 0 fully saturated rings. The predicted molar refractivity (Wildman–Crippen MR) is 79.9 cm³/mol. The largest absolute Gasteiger partial charge is 0.389 e. The van der Waals surface area contributed by atoms with Crippen LogP contribution in [0.15, 0.2) is 35.7 Å². The van der Waals surface area contributed by atoms with E-state index >= 15 is 0 Å². The van der Waals surface area contributed by atoms with Crippen LogP contribution in [-0.4, -0.2) is 24.4 Å². The lowest BCUT2D eigenvalue weighted by atomic mass is 10.3. The number of thiophene rings is 1. The quantitative estimate of drug-likeness (QED) is 0.821. The van der Waals surface area contributed by atoms with E-state index in [0.29, 0.717) is 12.3 Å². The Morgan fingerprint density at radius 3 is 2.95 bits per heavy atom. The second kappa shape index (κ2) is 7.59. The van der Waals surface area contributed by atoms with E-state index in [1.54, 1.807) is 17.4 Å². The number of nitrogens with one attached hydrogen (secondary N) is 1. The van der Waals surface area contributed by atoms with Gasteiger partial charge in [-0.2, -0.15) is 0 Å². The molecule has 1 aromatic carbocycles. The van der Waals surface area contributed by atoms with E-state index in [-0.39, 0.29) is 18.2 Å². The monoisotopic (exact) mass is 315 g/mol. The van der Waals surface area contributed by atoms with Crippen molar-refractivity contribution in [3.8, 4) is 0 Å². The second-order valence-corrected chi connectivity index (χ2v) is 5.70. The molecule has 0 aliphatic carbocycles. The lowest BCUT2D eigenvalue weighted by molar-refractivity contribution is 0.0359. The van der Waals surface area contributed by atoms with Gasteiger partial charge >= 0.3 is 0 Å². The molecule has 2 N–H and O–H groups in total. The summed E-state index contributed by atoms with van der Waals surface area (Å²) in [6.07, 6.45) is -0.659. The average Bonchev–Trinajstić information content (AvgIpc) is 2.93. The lowest BCUT2D eigenvalue weighted by Gasteiger charge is -2.13. The van der Waals surface area contributed by atoms with E-state index in [9.17, 15) is 9.50 Å². The Labute approximate surface area is 126 Å². The molecule has 1 atom stereocenters. The number of ether oxygens (including phenoxy) is 1. The zero-order valence-electron chi connectivity index (χ0n) is 10.7. The zero-order valence-corrected chi connectivity index (χ0v) is 12.3. The Morgan fingerprint density at radius 1 is 1.40 bits per heavy atom.